The van der Waals surface area contributed by atoms with Crippen molar-refractivity contribution in [3.8, 4) is 5.75 Å². The predicted molar refractivity (Wildman–Crippen MR) is 84.9 cm³/mol. The lowest BCUT2D eigenvalue weighted by Gasteiger charge is -2.37. The average molecular weight is 304 g/mol. The molecule has 120 valence electrons. The number of carbonyl (C=O) groups excluding carboxylic acids is 1. The molecule has 6 heteroatoms. The Morgan fingerprint density at radius 3 is 2.73 bits per heavy atom. The van der Waals surface area contributed by atoms with E-state index >= 15 is 0 Å². The number of aromatic nitrogens is 1. The summed E-state index contributed by atoms with van der Waals surface area (Å²) in [5.41, 5.74) is 6.06. The van der Waals surface area contributed by atoms with Crippen molar-refractivity contribution >= 4 is 11.7 Å². The number of anilines is 1. The first-order chi connectivity index (χ1) is 10.7. The highest BCUT2D eigenvalue weighted by Gasteiger charge is 2.34. The third-order valence-electron chi connectivity index (χ3n) is 4.75. The van der Waals surface area contributed by atoms with Crippen LogP contribution in [0.2, 0.25) is 0 Å². The van der Waals surface area contributed by atoms with Crippen LogP contribution in [0, 0.1) is 5.92 Å². The van der Waals surface area contributed by atoms with Gasteiger partial charge in [0, 0.05) is 44.5 Å². The Hall–Kier alpha value is -1.82. The lowest BCUT2D eigenvalue weighted by atomic mass is 10.0. The van der Waals surface area contributed by atoms with Crippen LogP contribution in [0.1, 0.15) is 19.3 Å². The maximum Gasteiger partial charge on any atom is 0.227 e. The summed E-state index contributed by atoms with van der Waals surface area (Å²) in [5, 5.41) is 0. The largest absolute Gasteiger partial charge is 0.497 e. The van der Waals surface area contributed by atoms with Crippen LogP contribution >= 0.6 is 0 Å². The van der Waals surface area contributed by atoms with Gasteiger partial charge in [-0.05, 0) is 18.9 Å². The Labute approximate surface area is 131 Å². The van der Waals surface area contributed by atoms with Gasteiger partial charge in [0.1, 0.15) is 11.6 Å². The summed E-state index contributed by atoms with van der Waals surface area (Å²) in [6, 6.07) is 3.82. The number of methoxy groups -OCH3 is 1. The third-order valence-corrected chi connectivity index (χ3v) is 4.75. The second-order valence-corrected chi connectivity index (χ2v) is 6.07. The summed E-state index contributed by atoms with van der Waals surface area (Å²) < 4.78 is 5.24. The molecule has 1 aromatic rings. The van der Waals surface area contributed by atoms with Crippen LogP contribution in [0.15, 0.2) is 18.3 Å². The molecule has 2 N–H and O–H groups in total. The molecule has 0 unspecified atom stereocenters. The number of ether oxygens (including phenoxy) is 1. The molecule has 0 bridgehead atoms. The highest BCUT2D eigenvalue weighted by molar-refractivity contribution is 5.80. The van der Waals surface area contributed by atoms with E-state index in [2.05, 4.69) is 9.88 Å². The highest BCUT2D eigenvalue weighted by atomic mass is 16.5. The maximum atomic E-state index is 12.5. The lowest BCUT2D eigenvalue weighted by molar-refractivity contribution is -0.136. The molecule has 6 nitrogen and oxygen atoms in total. The molecule has 2 aliphatic rings. The molecule has 0 spiro atoms. The van der Waals surface area contributed by atoms with Crippen molar-refractivity contribution < 1.29 is 9.53 Å². The number of nitrogens with zero attached hydrogens (tertiary/aromatic N) is 3. The molecular formula is C16H24N4O2. The van der Waals surface area contributed by atoms with Crippen molar-refractivity contribution in [2.45, 2.75) is 25.3 Å². The standard InChI is InChI=1S/C16H24N4O2/c1-22-12-5-6-18-15(11-12)19-7-9-20(10-8-19)16(21)13-3-2-4-14(13)17/h5-6,11,13-14H,2-4,7-10,17H2,1H3/t13-,14+/m1/s1. The zero-order valence-electron chi connectivity index (χ0n) is 13.1. The van der Waals surface area contributed by atoms with Gasteiger partial charge in [-0.2, -0.15) is 0 Å². The average Bonchev–Trinajstić information content (AvgIpc) is 3.00. The molecule has 1 saturated heterocycles. The number of piperazine rings is 1. The van der Waals surface area contributed by atoms with Gasteiger partial charge in [-0.25, -0.2) is 4.98 Å². The van der Waals surface area contributed by atoms with E-state index < -0.39 is 0 Å². The van der Waals surface area contributed by atoms with Gasteiger partial charge in [-0.15, -0.1) is 0 Å². The van der Waals surface area contributed by atoms with E-state index in [1.54, 1.807) is 13.3 Å². The van der Waals surface area contributed by atoms with Crippen LogP contribution in [-0.2, 0) is 4.79 Å². The van der Waals surface area contributed by atoms with Crippen molar-refractivity contribution in [3.05, 3.63) is 18.3 Å². The predicted octanol–water partition coefficient (Wildman–Crippen LogP) is 0.866. The lowest BCUT2D eigenvalue weighted by Crippen LogP contribution is -2.52. The number of rotatable bonds is 3. The molecule has 0 radical (unpaired) electrons. The molecule has 1 amide bonds. The summed E-state index contributed by atoms with van der Waals surface area (Å²) in [5.74, 6) is 1.98. The first-order valence-electron chi connectivity index (χ1n) is 7.98. The van der Waals surface area contributed by atoms with E-state index in [-0.39, 0.29) is 17.9 Å². The van der Waals surface area contributed by atoms with Gasteiger partial charge >= 0.3 is 0 Å². The molecule has 3 rings (SSSR count). The summed E-state index contributed by atoms with van der Waals surface area (Å²) in [6.07, 6.45) is 4.75. The van der Waals surface area contributed by atoms with Gasteiger partial charge in [0.15, 0.2) is 0 Å². The number of hydrogen-bond acceptors (Lipinski definition) is 5. The van der Waals surface area contributed by atoms with Gasteiger partial charge in [0.2, 0.25) is 5.91 Å². The minimum atomic E-state index is 0.0292. The molecule has 1 saturated carbocycles. The minimum Gasteiger partial charge on any atom is -0.497 e. The van der Waals surface area contributed by atoms with Gasteiger partial charge < -0.3 is 20.3 Å². The quantitative estimate of drug-likeness (QED) is 0.897. The van der Waals surface area contributed by atoms with Crippen LogP contribution in [0.25, 0.3) is 0 Å². The number of nitrogens with two attached hydrogens (primary N) is 1. The summed E-state index contributed by atoms with van der Waals surface area (Å²) in [7, 11) is 1.65. The van der Waals surface area contributed by atoms with Crippen molar-refractivity contribution in [2.24, 2.45) is 11.7 Å². The molecule has 1 aliphatic heterocycles. The highest BCUT2D eigenvalue weighted by Crippen LogP contribution is 2.27. The molecule has 0 aromatic carbocycles. The summed E-state index contributed by atoms with van der Waals surface area (Å²) in [6.45, 7) is 3.07. The van der Waals surface area contributed by atoms with Crippen LogP contribution in [0.3, 0.4) is 0 Å². The van der Waals surface area contributed by atoms with Crippen molar-refractivity contribution in [2.75, 3.05) is 38.2 Å². The van der Waals surface area contributed by atoms with E-state index in [1.165, 1.54) is 0 Å². The van der Waals surface area contributed by atoms with Crippen molar-refractivity contribution in [1.29, 1.82) is 0 Å². The van der Waals surface area contributed by atoms with E-state index in [1.807, 2.05) is 17.0 Å². The van der Waals surface area contributed by atoms with Gasteiger partial charge in [0.25, 0.3) is 0 Å². The fourth-order valence-electron chi connectivity index (χ4n) is 3.39. The molecule has 2 fully saturated rings. The fourth-order valence-corrected chi connectivity index (χ4v) is 3.39. The van der Waals surface area contributed by atoms with Gasteiger partial charge in [-0.3, -0.25) is 4.79 Å². The number of pyridine rings is 1. The number of carbonyl (C=O) groups is 1. The Morgan fingerprint density at radius 2 is 2.09 bits per heavy atom. The fraction of sp³-hybridized carbons (Fsp3) is 0.625. The maximum absolute atomic E-state index is 12.5. The van der Waals surface area contributed by atoms with E-state index in [4.69, 9.17) is 10.5 Å². The van der Waals surface area contributed by atoms with Crippen LogP contribution in [0.4, 0.5) is 5.82 Å². The number of amides is 1. The van der Waals surface area contributed by atoms with E-state index in [0.717, 1.165) is 57.0 Å². The zero-order chi connectivity index (χ0) is 15.5. The molecule has 1 aliphatic carbocycles. The second-order valence-electron chi connectivity index (χ2n) is 6.07. The first-order valence-corrected chi connectivity index (χ1v) is 7.98. The van der Waals surface area contributed by atoms with E-state index in [0.29, 0.717) is 0 Å². The second kappa shape index (κ2) is 6.52. The normalized spacial score (nSPS) is 25.4. The van der Waals surface area contributed by atoms with Crippen LogP contribution in [-0.4, -0.2) is 55.1 Å². The Kier molecular flexibility index (Phi) is 4.47. The van der Waals surface area contributed by atoms with Gasteiger partial charge in [-0.1, -0.05) is 6.42 Å². The molecule has 22 heavy (non-hydrogen) atoms. The Bertz CT molecular complexity index is 529. The van der Waals surface area contributed by atoms with Gasteiger partial charge in [0.05, 0.1) is 13.0 Å². The Morgan fingerprint density at radius 1 is 1.32 bits per heavy atom. The monoisotopic (exact) mass is 304 g/mol. The molecule has 2 heterocycles. The SMILES string of the molecule is COc1ccnc(N2CCN(C(=O)[C@@H]3CCC[C@@H]3N)CC2)c1. The van der Waals surface area contributed by atoms with Crippen molar-refractivity contribution in [1.82, 2.24) is 9.88 Å². The third kappa shape index (κ3) is 3.02. The minimum absolute atomic E-state index is 0.0292. The summed E-state index contributed by atoms with van der Waals surface area (Å²) >= 11 is 0. The van der Waals surface area contributed by atoms with Crippen LogP contribution < -0.4 is 15.4 Å². The first kappa shape index (κ1) is 15.1. The van der Waals surface area contributed by atoms with Crippen molar-refractivity contribution in [3.63, 3.8) is 0 Å². The van der Waals surface area contributed by atoms with Crippen LogP contribution in [0.5, 0.6) is 5.75 Å². The Balaban J connectivity index is 1.59. The topological polar surface area (TPSA) is 71.7 Å². The summed E-state index contributed by atoms with van der Waals surface area (Å²) in [4.78, 5) is 21.1. The molecular weight excluding hydrogens is 280 g/mol. The smallest absolute Gasteiger partial charge is 0.227 e. The molecule has 1 aromatic heterocycles. The number of hydrogen-bond donors (Lipinski definition) is 1. The van der Waals surface area contributed by atoms with E-state index in [9.17, 15) is 4.79 Å². The molecule has 2 atom stereocenters. The zero-order valence-corrected chi connectivity index (χ0v) is 13.1.